The van der Waals surface area contributed by atoms with Gasteiger partial charge < -0.3 is 4.57 Å². The zero-order valence-electron chi connectivity index (χ0n) is 35.2. The van der Waals surface area contributed by atoms with Gasteiger partial charge in [0.2, 0.25) is 5.95 Å². The standard InChI is InChI=1S/C59H38N4S/c1-59(2)45-29-11-6-23-41(45)50-53(59)51-43-25-8-13-31-47(43)62(37-20-4-3-5-21-37)55(51)52-44-26-9-14-32-48(44)63(56(50)52)58-60-46-30-12-7-24-42(46)54(61-58)36-19-16-18-35(34-36)38-27-17-28-40-39-22-10-15-33-49(39)64-57(38)40/h3-34H,1-2H3. The van der Waals surface area contributed by atoms with Crippen molar-refractivity contribution in [1.29, 1.82) is 0 Å². The molecule has 5 heteroatoms. The summed E-state index contributed by atoms with van der Waals surface area (Å²) in [6, 6.07) is 70.6. The van der Waals surface area contributed by atoms with E-state index in [9.17, 15) is 0 Å². The normalized spacial score (nSPS) is 13.3. The molecule has 9 aromatic carbocycles. The molecule has 0 amide bonds. The van der Waals surface area contributed by atoms with Gasteiger partial charge in [-0.3, -0.25) is 4.57 Å². The van der Waals surface area contributed by atoms with E-state index < -0.39 is 0 Å². The van der Waals surface area contributed by atoms with E-state index in [1.807, 2.05) is 11.3 Å². The molecule has 4 heterocycles. The second-order valence-corrected chi connectivity index (χ2v) is 18.7. The van der Waals surface area contributed by atoms with Crippen LogP contribution in [0, 0.1) is 0 Å². The van der Waals surface area contributed by atoms with Crippen molar-refractivity contribution in [2.24, 2.45) is 0 Å². The third-order valence-corrected chi connectivity index (χ3v) is 15.1. The third-order valence-electron chi connectivity index (χ3n) is 13.9. The van der Waals surface area contributed by atoms with Crippen LogP contribution in [0.3, 0.4) is 0 Å². The SMILES string of the molecule is CC1(C)c2ccccc2-c2c1c1c3ccccc3n(-c3ccccc3)c1c1c3ccccc3n(-c3nc(-c4cccc(-c5cccc6c5sc5ccccc56)c4)c4ccccc4n3)c21. The van der Waals surface area contributed by atoms with E-state index in [2.05, 4.69) is 217 Å². The Morgan fingerprint density at radius 1 is 0.469 bits per heavy atom. The van der Waals surface area contributed by atoms with Crippen LogP contribution < -0.4 is 0 Å². The molecule has 0 fully saturated rings. The van der Waals surface area contributed by atoms with E-state index in [-0.39, 0.29) is 5.41 Å². The maximum absolute atomic E-state index is 5.71. The van der Waals surface area contributed by atoms with Crippen LogP contribution in [0.4, 0.5) is 0 Å². The minimum Gasteiger partial charge on any atom is -0.309 e. The first kappa shape index (κ1) is 35.7. The molecule has 4 nitrogen and oxygen atoms in total. The summed E-state index contributed by atoms with van der Waals surface area (Å²) in [6.07, 6.45) is 0. The fourth-order valence-electron chi connectivity index (χ4n) is 11.2. The number of aromatic nitrogens is 4. The van der Waals surface area contributed by atoms with Gasteiger partial charge in [0.25, 0.3) is 0 Å². The zero-order valence-corrected chi connectivity index (χ0v) is 36.0. The van der Waals surface area contributed by atoms with E-state index >= 15 is 0 Å². The van der Waals surface area contributed by atoms with E-state index in [4.69, 9.17) is 9.97 Å². The van der Waals surface area contributed by atoms with Gasteiger partial charge in [-0.25, -0.2) is 9.97 Å². The van der Waals surface area contributed by atoms with Gasteiger partial charge in [-0.05, 0) is 70.3 Å². The molecule has 14 rings (SSSR count). The van der Waals surface area contributed by atoms with Crippen molar-refractivity contribution in [1.82, 2.24) is 19.1 Å². The van der Waals surface area contributed by atoms with Gasteiger partial charge in [0.15, 0.2) is 0 Å². The fourth-order valence-corrected chi connectivity index (χ4v) is 12.4. The summed E-state index contributed by atoms with van der Waals surface area (Å²) < 4.78 is 7.48. The lowest BCUT2D eigenvalue weighted by molar-refractivity contribution is 0.667. The number of benzene rings is 9. The van der Waals surface area contributed by atoms with Crippen LogP contribution in [0.5, 0.6) is 0 Å². The molecular weight excluding hydrogens is 797 g/mol. The third kappa shape index (κ3) is 4.76. The zero-order chi connectivity index (χ0) is 42.3. The molecule has 0 unspecified atom stereocenters. The molecule has 0 N–H and O–H groups in total. The van der Waals surface area contributed by atoms with Crippen LogP contribution in [0.2, 0.25) is 0 Å². The first-order valence-electron chi connectivity index (χ1n) is 22.0. The van der Waals surface area contributed by atoms with Crippen molar-refractivity contribution in [2.45, 2.75) is 19.3 Å². The molecule has 0 atom stereocenters. The van der Waals surface area contributed by atoms with E-state index in [1.54, 1.807) is 0 Å². The van der Waals surface area contributed by atoms with Crippen LogP contribution in [0.25, 0.3) is 120 Å². The number of hydrogen-bond acceptors (Lipinski definition) is 3. The Hall–Kier alpha value is -7.86. The van der Waals surface area contributed by atoms with Gasteiger partial charge in [-0.2, -0.15) is 0 Å². The number of para-hydroxylation sites is 4. The molecule has 1 aliphatic rings. The van der Waals surface area contributed by atoms with Crippen LogP contribution in [0.15, 0.2) is 194 Å². The Kier molecular flexibility index (Phi) is 7.30. The van der Waals surface area contributed by atoms with Gasteiger partial charge >= 0.3 is 0 Å². The monoisotopic (exact) mass is 834 g/mol. The van der Waals surface area contributed by atoms with Gasteiger partial charge in [0, 0.05) is 69.3 Å². The lowest BCUT2D eigenvalue weighted by Crippen LogP contribution is -2.15. The Morgan fingerprint density at radius 2 is 1.09 bits per heavy atom. The van der Waals surface area contributed by atoms with Crippen LogP contribution in [0.1, 0.15) is 25.0 Å². The summed E-state index contributed by atoms with van der Waals surface area (Å²) in [5.74, 6) is 0.656. The highest BCUT2D eigenvalue weighted by atomic mass is 32.1. The summed E-state index contributed by atoms with van der Waals surface area (Å²) in [5, 5.41) is 8.55. The predicted molar refractivity (Wildman–Crippen MR) is 270 cm³/mol. The van der Waals surface area contributed by atoms with E-state index in [0.717, 1.165) is 38.9 Å². The highest BCUT2D eigenvalue weighted by Crippen LogP contribution is 2.58. The number of rotatable bonds is 4. The fraction of sp³-hybridized carbons (Fsp3) is 0.0508. The van der Waals surface area contributed by atoms with Crippen LogP contribution in [-0.4, -0.2) is 19.1 Å². The van der Waals surface area contributed by atoms with Crippen molar-refractivity contribution in [3.05, 3.63) is 205 Å². The maximum atomic E-state index is 5.71. The molecule has 0 spiro atoms. The molecule has 0 saturated carbocycles. The second-order valence-electron chi connectivity index (χ2n) is 17.7. The number of thiophene rings is 1. The Labute approximate surface area is 372 Å². The Bertz CT molecular complexity index is 4110. The van der Waals surface area contributed by atoms with Crippen LogP contribution >= 0.6 is 11.3 Å². The Morgan fingerprint density at radius 3 is 1.94 bits per heavy atom. The number of fused-ring (bicyclic) bond motifs is 16. The first-order chi connectivity index (χ1) is 31.5. The average molecular weight is 835 g/mol. The maximum Gasteiger partial charge on any atom is 0.235 e. The van der Waals surface area contributed by atoms with Crippen molar-refractivity contribution < 1.29 is 0 Å². The largest absolute Gasteiger partial charge is 0.309 e. The van der Waals surface area contributed by atoms with E-state index in [1.165, 1.54) is 86.1 Å². The molecule has 0 bridgehead atoms. The Balaban J connectivity index is 1.12. The van der Waals surface area contributed by atoms with Crippen LogP contribution in [-0.2, 0) is 5.41 Å². The lowest BCUT2D eigenvalue weighted by Gasteiger charge is -2.23. The van der Waals surface area contributed by atoms with Crippen molar-refractivity contribution >= 4 is 86.0 Å². The van der Waals surface area contributed by atoms with Gasteiger partial charge in [-0.1, -0.05) is 166 Å². The van der Waals surface area contributed by atoms with Gasteiger partial charge in [-0.15, -0.1) is 11.3 Å². The second kappa shape index (κ2) is 13.1. The molecule has 300 valence electrons. The average Bonchev–Trinajstić information content (AvgIpc) is 4.07. The van der Waals surface area contributed by atoms with Gasteiger partial charge in [0.1, 0.15) is 0 Å². The lowest BCUT2D eigenvalue weighted by atomic mass is 9.80. The molecule has 0 saturated heterocycles. The van der Waals surface area contributed by atoms with E-state index in [0.29, 0.717) is 5.95 Å². The summed E-state index contributed by atoms with van der Waals surface area (Å²) in [6.45, 7) is 4.81. The molecule has 1 aliphatic carbocycles. The minimum absolute atomic E-state index is 0.293. The summed E-state index contributed by atoms with van der Waals surface area (Å²) >= 11 is 1.87. The highest BCUT2D eigenvalue weighted by molar-refractivity contribution is 7.26. The van der Waals surface area contributed by atoms with Gasteiger partial charge in [0.05, 0.1) is 33.3 Å². The summed E-state index contributed by atoms with van der Waals surface area (Å²) in [5.41, 5.74) is 15.9. The molecule has 13 aromatic rings. The summed E-state index contributed by atoms with van der Waals surface area (Å²) in [4.78, 5) is 11.2. The summed E-state index contributed by atoms with van der Waals surface area (Å²) in [7, 11) is 0. The topological polar surface area (TPSA) is 35.6 Å². The number of nitrogens with zero attached hydrogens (tertiary/aromatic N) is 4. The van der Waals surface area contributed by atoms with Crippen molar-refractivity contribution in [3.8, 4) is 45.1 Å². The quantitative estimate of drug-likeness (QED) is 0.177. The molecular formula is C59H38N4S. The van der Waals surface area contributed by atoms with Crippen molar-refractivity contribution in [3.63, 3.8) is 0 Å². The number of hydrogen-bond donors (Lipinski definition) is 0. The molecule has 4 aromatic heterocycles. The molecule has 64 heavy (non-hydrogen) atoms. The predicted octanol–water partition coefficient (Wildman–Crippen LogP) is 15.8. The minimum atomic E-state index is -0.293. The highest BCUT2D eigenvalue weighted by Gasteiger charge is 2.41. The molecule has 0 radical (unpaired) electrons. The smallest absolute Gasteiger partial charge is 0.235 e. The van der Waals surface area contributed by atoms with Crippen molar-refractivity contribution in [2.75, 3.05) is 0 Å². The molecule has 0 aliphatic heterocycles. The first-order valence-corrected chi connectivity index (χ1v) is 22.8.